The zero-order valence-electron chi connectivity index (χ0n) is 17.2. The van der Waals surface area contributed by atoms with Crippen molar-refractivity contribution >= 4 is 28.9 Å². The van der Waals surface area contributed by atoms with Gasteiger partial charge in [0.05, 0.1) is 12.0 Å². The lowest BCUT2D eigenvalue weighted by Crippen LogP contribution is -2.49. The van der Waals surface area contributed by atoms with Gasteiger partial charge in [-0.3, -0.25) is 24.6 Å². The minimum atomic E-state index is -0.807. The molecule has 0 aromatic heterocycles. The molecule has 2 N–H and O–H groups in total. The van der Waals surface area contributed by atoms with E-state index in [9.17, 15) is 19.7 Å². The van der Waals surface area contributed by atoms with Crippen LogP contribution in [0.15, 0.2) is 48.5 Å². The summed E-state index contributed by atoms with van der Waals surface area (Å²) in [6.07, 6.45) is 0. The SMILES string of the molecule is COc1ccc(N2CCN(CCNC(=O)C(=O)Nc3ccc([N+](=O)[O-])cc3)CC2)cc1. The quantitative estimate of drug-likeness (QED) is 0.390. The zero-order chi connectivity index (χ0) is 22.2. The van der Waals surface area contributed by atoms with E-state index in [-0.39, 0.29) is 5.69 Å². The Morgan fingerprint density at radius 2 is 1.65 bits per heavy atom. The van der Waals surface area contributed by atoms with Gasteiger partial charge in [0.2, 0.25) is 0 Å². The molecule has 2 aromatic carbocycles. The number of anilines is 2. The fraction of sp³-hybridized carbons (Fsp3) is 0.333. The number of non-ortho nitro benzene ring substituents is 1. The number of piperazine rings is 1. The zero-order valence-corrected chi connectivity index (χ0v) is 17.2. The van der Waals surface area contributed by atoms with Crippen molar-refractivity contribution in [2.75, 3.05) is 56.6 Å². The maximum absolute atomic E-state index is 12.0. The summed E-state index contributed by atoms with van der Waals surface area (Å²) in [7, 11) is 1.64. The van der Waals surface area contributed by atoms with E-state index in [1.165, 1.54) is 24.3 Å². The van der Waals surface area contributed by atoms with Gasteiger partial charge >= 0.3 is 11.8 Å². The highest BCUT2D eigenvalue weighted by Crippen LogP contribution is 2.20. The van der Waals surface area contributed by atoms with Crippen molar-refractivity contribution in [3.05, 3.63) is 58.6 Å². The molecule has 3 rings (SSSR count). The molecule has 1 saturated heterocycles. The lowest BCUT2D eigenvalue weighted by molar-refractivity contribution is -0.384. The second-order valence-corrected chi connectivity index (χ2v) is 7.04. The van der Waals surface area contributed by atoms with Crippen LogP contribution < -0.4 is 20.3 Å². The third-order valence-electron chi connectivity index (χ3n) is 5.07. The number of nitro benzene ring substituents is 1. The van der Waals surface area contributed by atoms with E-state index < -0.39 is 16.7 Å². The average molecular weight is 427 g/mol. The van der Waals surface area contributed by atoms with Gasteiger partial charge in [0, 0.05) is 62.8 Å². The van der Waals surface area contributed by atoms with E-state index in [0.717, 1.165) is 37.6 Å². The van der Waals surface area contributed by atoms with Crippen LogP contribution in [0.1, 0.15) is 0 Å². The summed E-state index contributed by atoms with van der Waals surface area (Å²) in [5.74, 6) is -0.718. The second kappa shape index (κ2) is 10.4. The van der Waals surface area contributed by atoms with Crippen molar-refractivity contribution in [1.29, 1.82) is 0 Å². The van der Waals surface area contributed by atoms with E-state index in [2.05, 4.69) is 20.4 Å². The highest BCUT2D eigenvalue weighted by molar-refractivity contribution is 6.39. The Bertz CT molecular complexity index is 909. The third-order valence-corrected chi connectivity index (χ3v) is 5.07. The number of amides is 2. The van der Waals surface area contributed by atoms with Gasteiger partial charge in [-0.1, -0.05) is 0 Å². The first-order chi connectivity index (χ1) is 15.0. The molecule has 1 aliphatic rings. The molecule has 10 nitrogen and oxygen atoms in total. The van der Waals surface area contributed by atoms with Crippen LogP contribution in [0.25, 0.3) is 0 Å². The fourth-order valence-electron chi connectivity index (χ4n) is 3.28. The lowest BCUT2D eigenvalue weighted by Gasteiger charge is -2.36. The Morgan fingerprint density at radius 1 is 1.00 bits per heavy atom. The summed E-state index contributed by atoms with van der Waals surface area (Å²) in [4.78, 5) is 38.6. The van der Waals surface area contributed by atoms with E-state index in [4.69, 9.17) is 4.74 Å². The van der Waals surface area contributed by atoms with Crippen molar-refractivity contribution in [2.45, 2.75) is 0 Å². The molecule has 1 heterocycles. The number of ether oxygens (including phenoxy) is 1. The van der Waals surface area contributed by atoms with Crippen molar-refractivity contribution in [2.24, 2.45) is 0 Å². The molecule has 0 saturated carbocycles. The van der Waals surface area contributed by atoms with Gasteiger partial charge in [0.25, 0.3) is 5.69 Å². The number of hydrogen-bond acceptors (Lipinski definition) is 7. The van der Waals surface area contributed by atoms with Crippen LogP contribution in [0.4, 0.5) is 17.1 Å². The first-order valence-corrected chi connectivity index (χ1v) is 9.91. The van der Waals surface area contributed by atoms with Gasteiger partial charge in [0.15, 0.2) is 0 Å². The number of carbonyl (C=O) groups is 2. The molecule has 2 aromatic rings. The molecular weight excluding hydrogens is 402 g/mol. The number of nitrogens with one attached hydrogen (secondary N) is 2. The van der Waals surface area contributed by atoms with E-state index >= 15 is 0 Å². The lowest BCUT2D eigenvalue weighted by atomic mass is 10.2. The molecule has 0 unspecified atom stereocenters. The van der Waals surface area contributed by atoms with Gasteiger partial charge in [0.1, 0.15) is 5.75 Å². The first kappa shape index (κ1) is 22.0. The predicted octanol–water partition coefficient (Wildman–Crippen LogP) is 1.48. The summed E-state index contributed by atoms with van der Waals surface area (Å²) in [5.41, 5.74) is 1.38. The van der Waals surface area contributed by atoms with Gasteiger partial charge < -0.3 is 20.3 Å². The molecule has 0 aliphatic carbocycles. The van der Waals surface area contributed by atoms with Crippen molar-refractivity contribution in [1.82, 2.24) is 10.2 Å². The number of hydrogen-bond donors (Lipinski definition) is 2. The number of nitro groups is 1. The molecule has 1 aliphatic heterocycles. The van der Waals surface area contributed by atoms with Crippen LogP contribution in [0, 0.1) is 10.1 Å². The topological polar surface area (TPSA) is 117 Å². The summed E-state index contributed by atoms with van der Waals surface area (Å²) in [6.45, 7) is 4.47. The Kier molecular flexibility index (Phi) is 7.39. The molecule has 0 spiro atoms. The largest absolute Gasteiger partial charge is 0.497 e. The Balaban J connectivity index is 1.36. The molecular formula is C21H25N5O5. The molecule has 2 amide bonds. The molecule has 0 radical (unpaired) electrons. The number of benzene rings is 2. The minimum Gasteiger partial charge on any atom is -0.497 e. The molecule has 31 heavy (non-hydrogen) atoms. The van der Waals surface area contributed by atoms with Crippen LogP contribution in [0.3, 0.4) is 0 Å². The highest BCUT2D eigenvalue weighted by atomic mass is 16.6. The van der Waals surface area contributed by atoms with Crippen LogP contribution in [-0.2, 0) is 9.59 Å². The minimum absolute atomic E-state index is 0.0884. The van der Waals surface area contributed by atoms with Gasteiger partial charge in [-0.2, -0.15) is 0 Å². The Hall–Kier alpha value is -3.66. The molecule has 0 bridgehead atoms. The monoisotopic (exact) mass is 427 g/mol. The van der Waals surface area contributed by atoms with E-state index in [1.807, 2.05) is 24.3 Å². The van der Waals surface area contributed by atoms with E-state index in [0.29, 0.717) is 18.8 Å². The smallest absolute Gasteiger partial charge is 0.313 e. The third kappa shape index (κ3) is 6.16. The second-order valence-electron chi connectivity index (χ2n) is 7.04. The average Bonchev–Trinajstić information content (AvgIpc) is 2.80. The van der Waals surface area contributed by atoms with Gasteiger partial charge in [-0.05, 0) is 36.4 Å². The van der Waals surface area contributed by atoms with Crippen molar-refractivity contribution in [3.63, 3.8) is 0 Å². The number of nitrogens with zero attached hydrogens (tertiary/aromatic N) is 3. The number of carbonyl (C=O) groups excluding carboxylic acids is 2. The standard InChI is InChI=1S/C21H25N5O5/c1-31-19-8-6-17(7-9-19)25-14-12-24(13-15-25)11-10-22-20(27)21(28)23-16-2-4-18(5-3-16)26(29)30/h2-9H,10-15H2,1H3,(H,22,27)(H,23,28). The first-order valence-electron chi connectivity index (χ1n) is 9.91. The van der Waals surface area contributed by atoms with Crippen molar-refractivity contribution in [3.8, 4) is 5.75 Å². The Labute approximate surface area is 179 Å². The number of rotatable bonds is 7. The van der Waals surface area contributed by atoms with Gasteiger partial charge in [-0.25, -0.2) is 0 Å². The molecule has 1 fully saturated rings. The summed E-state index contributed by atoms with van der Waals surface area (Å²) in [5, 5.41) is 15.7. The predicted molar refractivity (Wildman–Crippen MR) is 116 cm³/mol. The summed E-state index contributed by atoms with van der Waals surface area (Å²) >= 11 is 0. The molecule has 0 atom stereocenters. The van der Waals surface area contributed by atoms with Gasteiger partial charge in [-0.15, -0.1) is 0 Å². The van der Waals surface area contributed by atoms with Crippen LogP contribution in [0.5, 0.6) is 5.75 Å². The van der Waals surface area contributed by atoms with Crippen LogP contribution in [-0.4, -0.2) is 68.0 Å². The highest BCUT2D eigenvalue weighted by Gasteiger charge is 2.18. The normalized spacial score (nSPS) is 14.0. The maximum Gasteiger partial charge on any atom is 0.313 e. The Morgan fingerprint density at radius 3 is 2.23 bits per heavy atom. The van der Waals surface area contributed by atoms with Crippen LogP contribution >= 0.6 is 0 Å². The summed E-state index contributed by atoms with van der Waals surface area (Å²) < 4.78 is 5.19. The van der Waals surface area contributed by atoms with Crippen LogP contribution in [0.2, 0.25) is 0 Å². The van der Waals surface area contributed by atoms with Crippen molar-refractivity contribution < 1.29 is 19.2 Å². The maximum atomic E-state index is 12.0. The molecule has 164 valence electrons. The fourth-order valence-corrected chi connectivity index (χ4v) is 3.28. The summed E-state index contributed by atoms with van der Waals surface area (Å²) in [6, 6.07) is 13.3. The molecule has 10 heteroatoms. The number of methoxy groups -OCH3 is 1. The van der Waals surface area contributed by atoms with E-state index in [1.54, 1.807) is 7.11 Å².